The molecule has 3 nitrogen and oxygen atoms in total. The molecule has 0 fully saturated rings. The second-order valence-corrected chi connectivity index (χ2v) is 7.73. The number of nitrogens with zero attached hydrogens (tertiary/aromatic N) is 3. The molecule has 3 heterocycles. The van der Waals surface area contributed by atoms with E-state index in [0.29, 0.717) is 0 Å². The zero-order chi connectivity index (χ0) is 16.5. The number of hydrogen-bond acceptors (Lipinski definition) is 4. The van der Waals surface area contributed by atoms with Gasteiger partial charge in [0.05, 0.1) is 0 Å². The van der Waals surface area contributed by atoms with Gasteiger partial charge in [-0.05, 0) is 36.8 Å². The van der Waals surface area contributed by atoms with Crippen molar-refractivity contribution in [2.45, 2.75) is 26.4 Å². The van der Waals surface area contributed by atoms with Crippen LogP contribution in [-0.4, -0.2) is 21.4 Å². The topological polar surface area (TPSA) is 29.0 Å². The van der Waals surface area contributed by atoms with Gasteiger partial charge >= 0.3 is 0 Å². The van der Waals surface area contributed by atoms with Gasteiger partial charge < -0.3 is 0 Å². The molecular formula is C19H18ClN3S. The third-order valence-corrected chi connectivity index (χ3v) is 5.67. The summed E-state index contributed by atoms with van der Waals surface area (Å²) in [7, 11) is 0. The van der Waals surface area contributed by atoms with Crippen molar-refractivity contribution in [1.29, 1.82) is 0 Å². The number of fused-ring (bicyclic) bond motifs is 1. The maximum atomic E-state index is 5.97. The Labute approximate surface area is 151 Å². The van der Waals surface area contributed by atoms with Gasteiger partial charge in [0.1, 0.15) is 5.82 Å². The average Bonchev–Trinajstić information content (AvgIpc) is 3.04. The lowest BCUT2D eigenvalue weighted by atomic mass is 10.1. The molecule has 0 unspecified atom stereocenters. The Hall–Kier alpha value is -1.75. The Morgan fingerprint density at radius 1 is 1.17 bits per heavy atom. The maximum Gasteiger partial charge on any atom is 0.125 e. The van der Waals surface area contributed by atoms with Crippen molar-refractivity contribution >= 4 is 22.9 Å². The van der Waals surface area contributed by atoms with Crippen molar-refractivity contribution in [3.63, 3.8) is 0 Å². The number of thiophene rings is 1. The molecule has 0 N–H and O–H groups in total. The number of hydrogen-bond donors (Lipinski definition) is 0. The number of rotatable bonds is 3. The summed E-state index contributed by atoms with van der Waals surface area (Å²) in [4.78, 5) is 14.0. The van der Waals surface area contributed by atoms with Crippen molar-refractivity contribution in [2.24, 2.45) is 0 Å². The van der Waals surface area contributed by atoms with Crippen LogP contribution < -0.4 is 0 Å². The molecule has 0 spiro atoms. The number of aryl methyl sites for hydroxylation is 1. The molecule has 2 aromatic heterocycles. The van der Waals surface area contributed by atoms with Gasteiger partial charge in [-0.2, -0.15) is 0 Å². The lowest BCUT2D eigenvalue weighted by Gasteiger charge is -2.27. The third kappa shape index (κ3) is 3.36. The highest BCUT2D eigenvalue weighted by atomic mass is 35.5. The van der Waals surface area contributed by atoms with Gasteiger partial charge in [-0.3, -0.25) is 4.90 Å². The summed E-state index contributed by atoms with van der Waals surface area (Å²) < 4.78 is 0. The van der Waals surface area contributed by atoms with E-state index in [-0.39, 0.29) is 0 Å². The summed E-state index contributed by atoms with van der Waals surface area (Å²) in [6.45, 7) is 4.92. The van der Waals surface area contributed by atoms with Crippen LogP contribution >= 0.6 is 22.9 Å². The lowest BCUT2D eigenvalue weighted by Crippen LogP contribution is -2.30. The summed E-state index contributed by atoms with van der Waals surface area (Å²) in [5.41, 5.74) is 3.71. The molecule has 5 heteroatoms. The van der Waals surface area contributed by atoms with Gasteiger partial charge in [0.2, 0.25) is 0 Å². The van der Waals surface area contributed by atoms with Crippen molar-refractivity contribution in [1.82, 2.24) is 14.9 Å². The highest BCUT2D eigenvalue weighted by Crippen LogP contribution is 2.30. The first-order valence-electron chi connectivity index (χ1n) is 8.06. The van der Waals surface area contributed by atoms with E-state index in [4.69, 9.17) is 11.6 Å². The smallest absolute Gasteiger partial charge is 0.125 e. The second kappa shape index (κ2) is 6.63. The first kappa shape index (κ1) is 15.8. The number of halogens is 1. The summed E-state index contributed by atoms with van der Waals surface area (Å²) in [6.07, 6.45) is 2.99. The van der Waals surface area contributed by atoms with Gasteiger partial charge in [0, 0.05) is 58.3 Å². The standard InChI is InChI=1S/C19H18ClN3S/c1-13-21-10-15-11-23(9-8-18(15)22-13)12-17-6-7-19(24-17)14-2-4-16(20)5-3-14/h2-7,10H,8-9,11-12H2,1H3. The molecule has 0 saturated heterocycles. The second-order valence-electron chi connectivity index (χ2n) is 6.12. The zero-order valence-electron chi connectivity index (χ0n) is 13.5. The summed E-state index contributed by atoms with van der Waals surface area (Å²) in [5, 5.41) is 0.778. The third-order valence-electron chi connectivity index (χ3n) is 4.30. The van der Waals surface area contributed by atoms with Crippen LogP contribution in [0.5, 0.6) is 0 Å². The molecular weight excluding hydrogens is 338 g/mol. The summed E-state index contributed by atoms with van der Waals surface area (Å²) >= 11 is 7.82. The van der Waals surface area contributed by atoms with Crippen LogP contribution in [-0.2, 0) is 19.5 Å². The first-order valence-corrected chi connectivity index (χ1v) is 9.25. The van der Waals surface area contributed by atoms with E-state index in [2.05, 4.69) is 39.1 Å². The zero-order valence-corrected chi connectivity index (χ0v) is 15.1. The minimum absolute atomic E-state index is 0.778. The lowest BCUT2D eigenvalue weighted by molar-refractivity contribution is 0.245. The Kier molecular flexibility index (Phi) is 4.35. The molecule has 0 amide bonds. The monoisotopic (exact) mass is 355 g/mol. The molecule has 1 aromatic carbocycles. The van der Waals surface area contributed by atoms with E-state index in [1.54, 1.807) is 0 Å². The molecule has 24 heavy (non-hydrogen) atoms. The number of benzene rings is 1. The molecule has 1 aliphatic heterocycles. The van der Waals surface area contributed by atoms with Crippen LogP contribution in [0.3, 0.4) is 0 Å². The molecule has 122 valence electrons. The molecule has 0 aliphatic carbocycles. The minimum Gasteiger partial charge on any atom is -0.293 e. The van der Waals surface area contributed by atoms with E-state index in [1.165, 1.54) is 26.6 Å². The van der Waals surface area contributed by atoms with Gasteiger partial charge in [0.15, 0.2) is 0 Å². The van der Waals surface area contributed by atoms with Crippen LogP contribution in [0.15, 0.2) is 42.6 Å². The van der Waals surface area contributed by atoms with Gasteiger partial charge in [0.25, 0.3) is 0 Å². The van der Waals surface area contributed by atoms with Crippen LogP contribution in [0.2, 0.25) is 5.02 Å². The van der Waals surface area contributed by atoms with E-state index >= 15 is 0 Å². The maximum absolute atomic E-state index is 5.97. The fourth-order valence-electron chi connectivity index (χ4n) is 3.06. The molecule has 0 radical (unpaired) electrons. The Balaban J connectivity index is 1.47. The Bertz CT molecular complexity index is 857. The molecule has 4 rings (SSSR count). The summed E-state index contributed by atoms with van der Waals surface area (Å²) in [5.74, 6) is 0.869. The van der Waals surface area contributed by atoms with E-state index in [0.717, 1.165) is 36.9 Å². The van der Waals surface area contributed by atoms with Crippen LogP contribution in [0.25, 0.3) is 10.4 Å². The largest absolute Gasteiger partial charge is 0.293 e. The fraction of sp³-hybridized carbons (Fsp3) is 0.263. The number of aromatic nitrogens is 2. The van der Waals surface area contributed by atoms with Crippen LogP contribution in [0.1, 0.15) is 22.0 Å². The SMILES string of the molecule is Cc1ncc2c(n1)CCN(Cc1ccc(-c3ccc(Cl)cc3)s1)C2. The van der Waals surface area contributed by atoms with Gasteiger partial charge in [-0.1, -0.05) is 23.7 Å². The van der Waals surface area contributed by atoms with Crippen LogP contribution in [0.4, 0.5) is 0 Å². The summed E-state index contributed by atoms with van der Waals surface area (Å²) in [6, 6.07) is 12.5. The van der Waals surface area contributed by atoms with E-state index in [9.17, 15) is 0 Å². The Morgan fingerprint density at radius 3 is 2.83 bits per heavy atom. The highest BCUT2D eigenvalue weighted by Gasteiger charge is 2.18. The quantitative estimate of drug-likeness (QED) is 0.680. The fourth-order valence-corrected chi connectivity index (χ4v) is 4.24. The average molecular weight is 356 g/mol. The predicted octanol–water partition coefficient (Wildman–Crippen LogP) is 4.73. The molecule has 0 bridgehead atoms. The van der Waals surface area contributed by atoms with Gasteiger partial charge in [-0.25, -0.2) is 9.97 Å². The minimum atomic E-state index is 0.778. The van der Waals surface area contributed by atoms with Crippen molar-refractivity contribution in [3.05, 3.63) is 69.6 Å². The first-order chi connectivity index (χ1) is 11.7. The van der Waals surface area contributed by atoms with E-state index in [1.807, 2.05) is 36.6 Å². The van der Waals surface area contributed by atoms with Gasteiger partial charge in [-0.15, -0.1) is 11.3 Å². The van der Waals surface area contributed by atoms with Crippen molar-refractivity contribution < 1.29 is 0 Å². The highest BCUT2D eigenvalue weighted by molar-refractivity contribution is 7.15. The molecule has 0 saturated carbocycles. The molecule has 1 aliphatic rings. The molecule has 3 aromatic rings. The Morgan fingerprint density at radius 2 is 2.00 bits per heavy atom. The van der Waals surface area contributed by atoms with Crippen molar-refractivity contribution in [2.75, 3.05) is 6.54 Å². The normalized spacial score (nSPS) is 14.6. The van der Waals surface area contributed by atoms with Crippen LogP contribution in [0, 0.1) is 6.92 Å². The molecule has 0 atom stereocenters. The van der Waals surface area contributed by atoms with E-state index < -0.39 is 0 Å². The van der Waals surface area contributed by atoms with Crippen molar-refractivity contribution in [3.8, 4) is 10.4 Å². The predicted molar refractivity (Wildman–Crippen MR) is 99.4 cm³/mol.